The molecule has 0 unspecified atom stereocenters. The molecular formula is C47H81N3O8S. The minimum absolute atomic E-state index is 0.0724. The van der Waals surface area contributed by atoms with Crippen molar-refractivity contribution in [2.24, 2.45) is 0 Å². The van der Waals surface area contributed by atoms with Crippen LogP contribution in [0.25, 0.3) is 0 Å². The van der Waals surface area contributed by atoms with Crippen molar-refractivity contribution in [3.05, 3.63) is 16.0 Å². The molecule has 12 heteroatoms. The number of nitrogens with one attached hydrogen (secondary N) is 1. The second kappa shape index (κ2) is 33.7. The molecule has 2 heterocycles. The lowest BCUT2D eigenvalue weighted by Gasteiger charge is -2.27. The molecule has 2 rings (SSSR count). The van der Waals surface area contributed by atoms with Gasteiger partial charge in [0.2, 0.25) is 11.8 Å². The maximum atomic E-state index is 13.4. The van der Waals surface area contributed by atoms with Crippen molar-refractivity contribution in [1.29, 1.82) is 0 Å². The molecule has 0 bridgehead atoms. The summed E-state index contributed by atoms with van der Waals surface area (Å²) in [5, 5.41) is 3.43. The van der Waals surface area contributed by atoms with Crippen molar-refractivity contribution in [1.82, 2.24) is 9.80 Å². The molecule has 0 fully saturated rings. The second-order valence-corrected chi connectivity index (χ2v) is 17.7. The average Bonchev–Trinajstić information content (AvgIpc) is 3.57. The van der Waals surface area contributed by atoms with Crippen LogP contribution in [-0.2, 0) is 46.4 Å². The fraction of sp³-hybridized carbons (Fsp3) is 0.809. The number of rotatable bonds is 36. The highest BCUT2D eigenvalue weighted by atomic mass is 32.1. The van der Waals surface area contributed by atoms with Crippen LogP contribution >= 0.6 is 11.3 Å². The molecule has 0 aliphatic carbocycles. The number of amides is 2. The zero-order valence-corrected chi connectivity index (χ0v) is 38.4. The summed E-state index contributed by atoms with van der Waals surface area (Å²) in [6.07, 6.45) is 26.1. The molecule has 1 aromatic rings. The first-order chi connectivity index (χ1) is 28.7. The van der Waals surface area contributed by atoms with Crippen molar-refractivity contribution >= 4 is 46.1 Å². The molecule has 0 aromatic carbocycles. The summed E-state index contributed by atoms with van der Waals surface area (Å²) >= 11 is 1.34. The first kappa shape index (κ1) is 52.1. The van der Waals surface area contributed by atoms with Crippen LogP contribution in [0, 0.1) is 0 Å². The highest BCUT2D eigenvalue weighted by molar-refractivity contribution is 7.17. The topological polar surface area (TPSA) is 132 Å². The molecule has 0 saturated heterocycles. The summed E-state index contributed by atoms with van der Waals surface area (Å²) in [5.41, 5.74) is 1.25. The number of carbonyl (C=O) groups is 5. The van der Waals surface area contributed by atoms with Crippen molar-refractivity contribution in [3.8, 4) is 0 Å². The van der Waals surface area contributed by atoms with Crippen LogP contribution in [0.15, 0.2) is 0 Å². The van der Waals surface area contributed by atoms with Gasteiger partial charge in [-0.25, -0.2) is 4.79 Å². The first-order valence-electron chi connectivity index (χ1n) is 23.5. The predicted molar refractivity (Wildman–Crippen MR) is 239 cm³/mol. The predicted octanol–water partition coefficient (Wildman–Crippen LogP) is 10.9. The van der Waals surface area contributed by atoms with Gasteiger partial charge >= 0.3 is 17.9 Å². The maximum Gasteiger partial charge on any atom is 0.341 e. The van der Waals surface area contributed by atoms with Crippen LogP contribution in [0.2, 0.25) is 0 Å². The van der Waals surface area contributed by atoms with Crippen LogP contribution in [-0.4, -0.2) is 86.5 Å². The molecule has 1 N–H and O–H groups in total. The smallest absolute Gasteiger partial charge is 0.341 e. The second-order valence-electron chi connectivity index (χ2n) is 16.6. The molecule has 338 valence electrons. The molecule has 1 aliphatic heterocycles. The van der Waals surface area contributed by atoms with E-state index in [1.807, 2.05) is 23.9 Å². The van der Waals surface area contributed by atoms with E-state index in [2.05, 4.69) is 19.2 Å². The van der Waals surface area contributed by atoms with E-state index in [9.17, 15) is 24.0 Å². The molecule has 0 saturated carbocycles. The quantitative estimate of drug-likeness (QED) is 0.0398. The van der Waals surface area contributed by atoms with E-state index in [1.54, 1.807) is 0 Å². The van der Waals surface area contributed by atoms with E-state index in [0.29, 0.717) is 75.4 Å². The monoisotopic (exact) mass is 848 g/mol. The van der Waals surface area contributed by atoms with Gasteiger partial charge in [-0.3, -0.25) is 19.2 Å². The number of thiophene rings is 1. The lowest BCUT2D eigenvalue weighted by atomic mass is 10.0. The van der Waals surface area contributed by atoms with Gasteiger partial charge in [0.05, 0.1) is 31.9 Å². The number of anilines is 1. The summed E-state index contributed by atoms with van der Waals surface area (Å²) in [5.74, 6) is -0.949. The third-order valence-corrected chi connectivity index (χ3v) is 12.1. The molecule has 0 spiro atoms. The lowest BCUT2D eigenvalue weighted by molar-refractivity contribution is -0.144. The molecule has 1 aromatic heterocycles. The Bertz CT molecular complexity index is 1330. The van der Waals surface area contributed by atoms with Crippen molar-refractivity contribution in [2.75, 3.05) is 52.3 Å². The highest BCUT2D eigenvalue weighted by Crippen LogP contribution is 2.38. The Morgan fingerprint density at radius 3 is 1.63 bits per heavy atom. The fourth-order valence-electron chi connectivity index (χ4n) is 7.33. The van der Waals surface area contributed by atoms with E-state index in [4.69, 9.17) is 14.2 Å². The first-order valence-corrected chi connectivity index (χ1v) is 24.3. The van der Waals surface area contributed by atoms with E-state index in [1.165, 1.54) is 88.4 Å². The standard InChI is InChI=1S/C47H81N3O8S/c1-5-7-9-11-13-14-16-20-26-36-57-44(54)31-24-23-28-41(51)48-46-45(47(55)58-37-27-33-49(3)4)39-32-34-50(38-40(39)59-46)42(52)29-21-17-18-22-30-43(53)56-35-25-19-15-12-10-8-6-2/h5-38H2,1-4H3,(H,48,51). The normalized spacial score (nSPS) is 12.4. The largest absolute Gasteiger partial charge is 0.466 e. The lowest BCUT2D eigenvalue weighted by Crippen LogP contribution is -2.35. The van der Waals surface area contributed by atoms with Crippen LogP contribution in [0.3, 0.4) is 0 Å². The Kier molecular flexibility index (Phi) is 29.8. The number of esters is 3. The van der Waals surface area contributed by atoms with Crippen molar-refractivity contribution < 1.29 is 38.2 Å². The van der Waals surface area contributed by atoms with Crippen LogP contribution in [0.4, 0.5) is 5.00 Å². The molecule has 59 heavy (non-hydrogen) atoms. The molecule has 0 radical (unpaired) electrons. The van der Waals surface area contributed by atoms with Crippen molar-refractivity contribution in [3.63, 3.8) is 0 Å². The summed E-state index contributed by atoms with van der Waals surface area (Å²) in [6.45, 7) is 7.35. The number of unbranched alkanes of at least 4 members (excludes halogenated alkanes) is 18. The van der Waals surface area contributed by atoms with Gasteiger partial charge in [0.15, 0.2) is 0 Å². The minimum Gasteiger partial charge on any atom is -0.466 e. The van der Waals surface area contributed by atoms with Gasteiger partial charge in [0, 0.05) is 43.6 Å². The molecule has 11 nitrogen and oxygen atoms in total. The van der Waals surface area contributed by atoms with E-state index < -0.39 is 5.97 Å². The van der Waals surface area contributed by atoms with E-state index in [0.717, 1.165) is 68.4 Å². The van der Waals surface area contributed by atoms with Gasteiger partial charge in [-0.05, 0) is 71.0 Å². The van der Waals surface area contributed by atoms with Gasteiger partial charge < -0.3 is 29.3 Å². The number of ether oxygens (including phenoxy) is 3. The van der Waals surface area contributed by atoms with Crippen LogP contribution in [0.5, 0.6) is 0 Å². The summed E-state index contributed by atoms with van der Waals surface area (Å²) < 4.78 is 16.5. The summed E-state index contributed by atoms with van der Waals surface area (Å²) in [4.78, 5) is 68.9. The number of nitrogens with zero attached hydrogens (tertiary/aromatic N) is 2. The van der Waals surface area contributed by atoms with Gasteiger partial charge in [-0.1, -0.05) is 117 Å². The zero-order valence-electron chi connectivity index (χ0n) is 37.6. The molecule has 1 aliphatic rings. The number of hydrogen-bond donors (Lipinski definition) is 1. The molecular weight excluding hydrogens is 767 g/mol. The summed E-state index contributed by atoms with van der Waals surface area (Å²) in [6, 6.07) is 0. The Morgan fingerprint density at radius 1 is 0.593 bits per heavy atom. The number of fused-ring (bicyclic) bond motifs is 1. The maximum absolute atomic E-state index is 13.4. The minimum atomic E-state index is -0.451. The molecule has 2 amide bonds. The fourth-order valence-corrected chi connectivity index (χ4v) is 8.60. The van der Waals surface area contributed by atoms with E-state index in [-0.39, 0.29) is 43.2 Å². The van der Waals surface area contributed by atoms with Crippen LogP contribution < -0.4 is 5.32 Å². The number of carbonyl (C=O) groups excluding carboxylic acids is 5. The number of hydrogen-bond acceptors (Lipinski definition) is 10. The van der Waals surface area contributed by atoms with E-state index >= 15 is 0 Å². The van der Waals surface area contributed by atoms with Gasteiger partial charge in [0.25, 0.3) is 0 Å². The Balaban J connectivity index is 1.75. The Labute approximate surface area is 361 Å². The van der Waals surface area contributed by atoms with Gasteiger partial charge in [-0.15, -0.1) is 11.3 Å². The Hall–Kier alpha value is -2.99. The van der Waals surface area contributed by atoms with Crippen LogP contribution in [0.1, 0.15) is 208 Å². The van der Waals surface area contributed by atoms with Gasteiger partial charge in [-0.2, -0.15) is 0 Å². The third kappa shape index (κ3) is 24.8. The average molecular weight is 848 g/mol. The third-order valence-electron chi connectivity index (χ3n) is 10.9. The highest BCUT2D eigenvalue weighted by Gasteiger charge is 2.31. The zero-order chi connectivity index (χ0) is 42.9. The molecule has 0 atom stereocenters. The van der Waals surface area contributed by atoms with Gasteiger partial charge in [0.1, 0.15) is 5.00 Å². The SMILES string of the molecule is CCCCCCCCCCCOC(=O)CCCCC(=O)Nc1sc2c(c1C(=O)OCCCN(C)C)CCN(C(=O)CCCCCCC(=O)OCCCCCCCCC)C2. The Morgan fingerprint density at radius 2 is 1.07 bits per heavy atom. The summed E-state index contributed by atoms with van der Waals surface area (Å²) in [7, 11) is 3.94. The van der Waals surface area contributed by atoms with Crippen molar-refractivity contribution in [2.45, 2.75) is 200 Å².